The highest BCUT2D eigenvalue weighted by molar-refractivity contribution is 5.77. The second kappa shape index (κ2) is 7.69. The molecule has 2 fully saturated rings. The quantitative estimate of drug-likeness (QED) is 0.840. The maximum atomic E-state index is 13.2. The molecule has 0 saturated carbocycles. The van der Waals surface area contributed by atoms with Gasteiger partial charge in [0.1, 0.15) is 11.6 Å². The summed E-state index contributed by atoms with van der Waals surface area (Å²) in [6, 6.07) is 13.1. The number of hydrogen-bond acceptors (Lipinski definition) is 3. The highest BCUT2D eigenvalue weighted by Crippen LogP contribution is 2.32. The number of benzene rings is 2. The van der Waals surface area contributed by atoms with E-state index >= 15 is 0 Å². The smallest absolute Gasteiger partial charge is 0.410 e. The van der Waals surface area contributed by atoms with E-state index in [4.69, 9.17) is 4.74 Å². The zero-order valence-electron chi connectivity index (χ0n) is 15.5. The number of piperidine rings is 1. The van der Waals surface area contributed by atoms with Crippen molar-refractivity contribution in [1.82, 2.24) is 10.6 Å². The first-order valence-electron chi connectivity index (χ1n) is 9.65. The van der Waals surface area contributed by atoms with Crippen LogP contribution < -0.4 is 15.4 Å². The Hall–Kier alpha value is -2.40. The SMILES string of the molecule is Cc1ccc(-c2ccc(F)cc2)c(OC(=O)NCC2CC3CCC(C2)N3)c1. The molecule has 2 heterocycles. The Morgan fingerprint density at radius 2 is 1.85 bits per heavy atom. The molecule has 2 unspecified atom stereocenters. The molecule has 2 aromatic rings. The lowest BCUT2D eigenvalue weighted by Crippen LogP contribution is -2.42. The van der Waals surface area contributed by atoms with Gasteiger partial charge in [0, 0.05) is 24.2 Å². The Labute approximate surface area is 159 Å². The van der Waals surface area contributed by atoms with Gasteiger partial charge in [-0.3, -0.25) is 0 Å². The minimum atomic E-state index is -0.435. The van der Waals surface area contributed by atoms with Gasteiger partial charge >= 0.3 is 6.09 Å². The predicted molar refractivity (Wildman–Crippen MR) is 103 cm³/mol. The molecule has 2 N–H and O–H groups in total. The summed E-state index contributed by atoms with van der Waals surface area (Å²) in [5, 5.41) is 6.54. The standard InChI is InChI=1S/C22H25FN2O2/c1-14-2-9-20(16-3-5-17(23)6-4-16)21(10-14)27-22(26)24-13-15-11-18-7-8-19(12-15)25-18/h2-6,9-10,15,18-19,25H,7-8,11-13H2,1H3,(H,24,26). The van der Waals surface area contributed by atoms with Crippen molar-refractivity contribution in [1.29, 1.82) is 0 Å². The first kappa shape index (κ1) is 18.0. The number of carbonyl (C=O) groups excluding carboxylic acids is 1. The number of hydrogen-bond donors (Lipinski definition) is 2. The largest absolute Gasteiger partial charge is 0.412 e. The van der Waals surface area contributed by atoms with Crippen LogP contribution in [0.5, 0.6) is 5.75 Å². The first-order chi connectivity index (χ1) is 13.1. The lowest BCUT2D eigenvalue weighted by atomic mass is 9.92. The number of fused-ring (bicyclic) bond motifs is 2. The zero-order valence-corrected chi connectivity index (χ0v) is 15.5. The second-order valence-corrected chi connectivity index (χ2v) is 7.75. The summed E-state index contributed by atoms with van der Waals surface area (Å²) in [6.07, 6.45) is 4.28. The van der Waals surface area contributed by atoms with E-state index in [1.165, 1.54) is 25.0 Å². The zero-order chi connectivity index (χ0) is 18.8. The monoisotopic (exact) mass is 368 g/mol. The number of halogens is 1. The van der Waals surface area contributed by atoms with Crippen molar-refractivity contribution >= 4 is 6.09 Å². The van der Waals surface area contributed by atoms with Gasteiger partial charge in [0.15, 0.2) is 0 Å². The van der Waals surface area contributed by atoms with E-state index in [1.807, 2.05) is 25.1 Å². The minimum absolute atomic E-state index is 0.290. The molecule has 2 aliphatic rings. The fourth-order valence-electron chi connectivity index (χ4n) is 4.29. The first-order valence-corrected chi connectivity index (χ1v) is 9.65. The molecule has 2 bridgehead atoms. The van der Waals surface area contributed by atoms with Gasteiger partial charge in [-0.1, -0.05) is 24.3 Å². The molecular weight excluding hydrogens is 343 g/mol. The molecule has 2 atom stereocenters. The van der Waals surface area contributed by atoms with E-state index in [2.05, 4.69) is 10.6 Å². The Bertz CT molecular complexity index is 810. The summed E-state index contributed by atoms with van der Waals surface area (Å²) in [6.45, 7) is 2.59. The third-order valence-electron chi connectivity index (χ3n) is 5.60. The molecular formula is C22H25FN2O2. The summed E-state index contributed by atoms with van der Waals surface area (Å²) >= 11 is 0. The van der Waals surface area contributed by atoms with Crippen LogP contribution in [0.2, 0.25) is 0 Å². The lowest BCUT2D eigenvalue weighted by Gasteiger charge is -2.29. The van der Waals surface area contributed by atoms with Gasteiger partial charge in [-0.15, -0.1) is 0 Å². The van der Waals surface area contributed by atoms with E-state index in [0.717, 1.165) is 29.5 Å². The number of nitrogens with one attached hydrogen (secondary N) is 2. The van der Waals surface area contributed by atoms with Crippen molar-refractivity contribution in [3.05, 3.63) is 53.8 Å². The Kier molecular flexibility index (Phi) is 5.12. The molecule has 4 nitrogen and oxygen atoms in total. The van der Waals surface area contributed by atoms with Crippen molar-refractivity contribution < 1.29 is 13.9 Å². The molecule has 0 aromatic heterocycles. The maximum Gasteiger partial charge on any atom is 0.412 e. The van der Waals surface area contributed by atoms with Gasteiger partial charge in [0.05, 0.1) is 0 Å². The number of ether oxygens (including phenoxy) is 1. The normalized spacial score (nSPS) is 23.9. The molecule has 27 heavy (non-hydrogen) atoms. The van der Waals surface area contributed by atoms with E-state index < -0.39 is 6.09 Å². The van der Waals surface area contributed by atoms with Crippen molar-refractivity contribution in [2.75, 3.05) is 6.54 Å². The number of rotatable bonds is 4. The van der Waals surface area contributed by atoms with Gasteiger partial charge in [-0.25, -0.2) is 9.18 Å². The van der Waals surface area contributed by atoms with Crippen molar-refractivity contribution in [3.8, 4) is 16.9 Å². The molecule has 0 spiro atoms. The summed E-state index contributed by atoms with van der Waals surface area (Å²) in [5.41, 5.74) is 2.59. The topological polar surface area (TPSA) is 50.4 Å². The lowest BCUT2D eigenvalue weighted by molar-refractivity contribution is 0.195. The van der Waals surface area contributed by atoms with Gasteiger partial charge in [-0.2, -0.15) is 0 Å². The van der Waals surface area contributed by atoms with Gasteiger partial charge in [-0.05, 0) is 67.9 Å². The highest BCUT2D eigenvalue weighted by atomic mass is 19.1. The van der Waals surface area contributed by atoms with Crippen LogP contribution in [0.1, 0.15) is 31.2 Å². The summed E-state index contributed by atoms with van der Waals surface area (Å²) in [5.74, 6) is 0.705. The average molecular weight is 368 g/mol. The van der Waals surface area contributed by atoms with Gasteiger partial charge in [0.25, 0.3) is 0 Å². The van der Waals surface area contributed by atoms with Gasteiger partial charge < -0.3 is 15.4 Å². The van der Waals surface area contributed by atoms with Gasteiger partial charge in [0.2, 0.25) is 0 Å². The summed E-state index contributed by atoms with van der Waals surface area (Å²) < 4.78 is 18.8. The van der Waals surface area contributed by atoms with E-state index in [0.29, 0.717) is 30.3 Å². The molecule has 2 aliphatic heterocycles. The second-order valence-electron chi connectivity index (χ2n) is 7.75. The Morgan fingerprint density at radius 1 is 1.15 bits per heavy atom. The van der Waals surface area contributed by atoms with Crippen LogP contribution >= 0.6 is 0 Å². The molecule has 142 valence electrons. The molecule has 0 radical (unpaired) electrons. The summed E-state index contributed by atoms with van der Waals surface area (Å²) in [7, 11) is 0. The van der Waals surface area contributed by atoms with Crippen LogP contribution in [0.4, 0.5) is 9.18 Å². The van der Waals surface area contributed by atoms with Crippen LogP contribution in [-0.2, 0) is 0 Å². The van der Waals surface area contributed by atoms with Crippen LogP contribution in [0.25, 0.3) is 11.1 Å². The Balaban J connectivity index is 1.41. The Morgan fingerprint density at radius 3 is 2.56 bits per heavy atom. The predicted octanol–water partition coefficient (Wildman–Crippen LogP) is 4.42. The van der Waals surface area contributed by atoms with Crippen LogP contribution in [0.15, 0.2) is 42.5 Å². The minimum Gasteiger partial charge on any atom is -0.410 e. The molecule has 5 heteroatoms. The molecule has 1 amide bonds. The van der Waals surface area contributed by atoms with E-state index in [1.54, 1.807) is 12.1 Å². The van der Waals surface area contributed by atoms with E-state index in [9.17, 15) is 9.18 Å². The number of carbonyl (C=O) groups is 1. The summed E-state index contributed by atoms with van der Waals surface area (Å²) in [4.78, 5) is 12.4. The molecule has 2 aromatic carbocycles. The van der Waals surface area contributed by atoms with E-state index in [-0.39, 0.29) is 5.82 Å². The average Bonchev–Trinajstić information content (AvgIpc) is 2.99. The maximum absolute atomic E-state index is 13.2. The number of aryl methyl sites for hydroxylation is 1. The fraction of sp³-hybridized carbons (Fsp3) is 0.409. The third-order valence-corrected chi connectivity index (χ3v) is 5.60. The number of amides is 1. The third kappa shape index (κ3) is 4.30. The van der Waals surface area contributed by atoms with Crippen molar-refractivity contribution in [3.63, 3.8) is 0 Å². The van der Waals surface area contributed by atoms with Crippen LogP contribution in [0, 0.1) is 18.7 Å². The van der Waals surface area contributed by atoms with Crippen LogP contribution in [0.3, 0.4) is 0 Å². The molecule has 0 aliphatic carbocycles. The highest BCUT2D eigenvalue weighted by Gasteiger charge is 2.33. The van der Waals surface area contributed by atoms with Crippen molar-refractivity contribution in [2.24, 2.45) is 5.92 Å². The molecule has 2 saturated heterocycles. The van der Waals surface area contributed by atoms with Crippen LogP contribution in [-0.4, -0.2) is 24.7 Å². The van der Waals surface area contributed by atoms with Crippen molar-refractivity contribution in [2.45, 2.75) is 44.7 Å². The fourth-order valence-corrected chi connectivity index (χ4v) is 4.29. The molecule has 4 rings (SSSR count).